The predicted octanol–water partition coefficient (Wildman–Crippen LogP) is 1.69. The summed E-state index contributed by atoms with van der Waals surface area (Å²) in [4.78, 5) is 13.8. The molecule has 0 aliphatic carbocycles. The molecule has 0 aromatic carbocycles. The fourth-order valence-corrected chi connectivity index (χ4v) is 0.977. The van der Waals surface area contributed by atoms with Gasteiger partial charge in [-0.05, 0) is 6.92 Å². The molecule has 2 N–H and O–H groups in total. The molecular formula is C8H6F3NO4. The second-order valence-electron chi connectivity index (χ2n) is 2.82. The molecule has 0 amide bonds. The molecule has 88 valence electrons. The maximum Gasteiger partial charge on any atom is 0.573 e. The van der Waals surface area contributed by atoms with E-state index in [1.165, 1.54) is 6.92 Å². The molecule has 0 atom stereocenters. The monoisotopic (exact) mass is 237 g/mol. The van der Waals surface area contributed by atoms with E-state index in [9.17, 15) is 23.1 Å². The number of pyridine rings is 1. The highest BCUT2D eigenvalue weighted by atomic mass is 19.4. The van der Waals surface area contributed by atoms with Crippen LogP contribution in [0.3, 0.4) is 0 Å². The second-order valence-corrected chi connectivity index (χ2v) is 2.82. The molecule has 0 radical (unpaired) electrons. The maximum absolute atomic E-state index is 11.9. The van der Waals surface area contributed by atoms with Gasteiger partial charge in [0.25, 0.3) is 0 Å². The normalized spacial score (nSPS) is 11.2. The zero-order valence-corrected chi connectivity index (χ0v) is 7.87. The van der Waals surface area contributed by atoms with E-state index in [0.717, 1.165) is 6.20 Å². The Hall–Kier alpha value is -1.99. The van der Waals surface area contributed by atoms with Crippen LogP contribution in [0, 0.1) is 6.92 Å². The van der Waals surface area contributed by atoms with Crippen molar-refractivity contribution in [1.82, 2.24) is 4.98 Å². The van der Waals surface area contributed by atoms with E-state index in [-0.39, 0.29) is 5.56 Å². The zero-order valence-electron chi connectivity index (χ0n) is 7.87. The summed E-state index contributed by atoms with van der Waals surface area (Å²) < 4.78 is 39.3. The summed E-state index contributed by atoms with van der Waals surface area (Å²) in [6.07, 6.45) is -4.15. The lowest BCUT2D eigenvalue weighted by molar-refractivity contribution is -0.275. The van der Waals surface area contributed by atoms with Crippen LogP contribution in [0.1, 0.15) is 16.1 Å². The van der Waals surface area contributed by atoms with E-state index in [2.05, 4.69) is 9.72 Å². The molecule has 1 rings (SSSR count). The van der Waals surface area contributed by atoms with Gasteiger partial charge in [0.15, 0.2) is 17.2 Å². The summed E-state index contributed by atoms with van der Waals surface area (Å²) >= 11 is 0. The van der Waals surface area contributed by atoms with Crippen LogP contribution < -0.4 is 4.74 Å². The van der Waals surface area contributed by atoms with Crippen molar-refractivity contribution in [2.24, 2.45) is 0 Å². The van der Waals surface area contributed by atoms with Crippen LogP contribution >= 0.6 is 0 Å². The topological polar surface area (TPSA) is 79.7 Å². The van der Waals surface area contributed by atoms with Crippen LogP contribution in [0.25, 0.3) is 0 Å². The van der Waals surface area contributed by atoms with Gasteiger partial charge in [-0.25, -0.2) is 9.78 Å². The number of ether oxygens (including phenoxy) is 1. The molecular weight excluding hydrogens is 231 g/mol. The first kappa shape index (κ1) is 12.1. The van der Waals surface area contributed by atoms with Crippen molar-refractivity contribution in [1.29, 1.82) is 0 Å². The Kier molecular flexibility index (Phi) is 2.92. The quantitative estimate of drug-likeness (QED) is 0.818. The van der Waals surface area contributed by atoms with E-state index < -0.39 is 29.5 Å². The van der Waals surface area contributed by atoms with Crippen molar-refractivity contribution in [3.05, 3.63) is 17.5 Å². The molecule has 1 aromatic heterocycles. The van der Waals surface area contributed by atoms with Gasteiger partial charge in [0.1, 0.15) is 0 Å². The smallest absolute Gasteiger partial charge is 0.503 e. The van der Waals surface area contributed by atoms with Crippen LogP contribution in [0.2, 0.25) is 0 Å². The highest BCUT2D eigenvalue weighted by molar-refractivity contribution is 5.89. The van der Waals surface area contributed by atoms with Crippen molar-refractivity contribution in [3.63, 3.8) is 0 Å². The first-order chi connectivity index (χ1) is 7.22. The van der Waals surface area contributed by atoms with Crippen LogP contribution in [-0.4, -0.2) is 27.5 Å². The van der Waals surface area contributed by atoms with Crippen LogP contribution in [0.5, 0.6) is 11.5 Å². The minimum atomic E-state index is -5.01. The Labute approximate surface area is 87.1 Å². The number of halogens is 3. The van der Waals surface area contributed by atoms with E-state index in [1.807, 2.05) is 0 Å². The second kappa shape index (κ2) is 3.87. The minimum Gasteiger partial charge on any atom is -0.503 e. The molecule has 0 bridgehead atoms. The lowest BCUT2D eigenvalue weighted by Crippen LogP contribution is -2.18. The van der Waals surface area contributed by atoms with E-state index in [1.54, 1.807) is 0 Å². The standard InChI is InChI=1S/C8H6F3NO4/c1-3-2-12-4(7(14)15)5(13)6(3)16-8(9,10)11/h2,13H,1H3,(H,14,15). The molecule has 0 saturated carbocycles. The molecule has 0 saturated heterocycles. The summed E-state index contributed by atoms with van der Waals surface area (Å²) in [5.74, 6) is -3.76. The Morgan fingerprint density at radius 3 is 2.50 bits per heavy atom. The van der Waals surface area contributed by atoms with Crippen molar-refractivity contribution >= 4 is 5.97 Å². The zero-order chi connectivity index (χ0) is 12.5. The Bertz CT molecular complexity index is 430. The number of nitrogens with zero attached hydrogens (tertiary/aromatic N) is 1. The van der Waals surface area contributed by atoms with Gasteiger partial charge in [0, 0.05) is 11.8 Å². The van der Waals surface area contributed by atoms with Crippen molar-refractivity contribution in [2.75, 3.05) is 0 Å². The molecule has 0 aliphatic heterocycles. The maximum atomic E-state index is 11.9. The van der Waals surface area contributed by atoms with Crippen molar-refractivity contribution in [3.8, 4) is 11.5 Å². The summed E-state index contributed by atoms with van der Waals surface area (Å²) in [7, 11) is 0. The van der Waals surface area contributed by atoms with E-state index >= 15 is 0 Å². The lowest BCUT2D eigenvalue weighted by atomic mass is 10.2. The van der Waals surface area contributed by atoms with Crippen LogP contribution in [-0.2, 0) is 0 Å². The third-order valence-corrected chi connectivity index (χ3v) is 1.61. The van der Waals surface area contributed by atoms with Crippen molar-refractivity contribution < 1.29 is 32.9 Å². The highest BCUT2D eigenvalue weighted by Crippen LogP contribution is 2.35. The summed E-state index contributed by atoms with van der Waals surface area (Å²) in [5, 5.41) is 17.8. The summed E-state index contributed by atoms with van der Waals surface area (Å²) in [5.41, 5.74) is -1.02. The summed E-state index contributed by atoms with van der Waals surface area (Å²) in [6.45, 7) is 1.19. The average molecular weight is 237 g/mol. The van der Waals surface area contributed by atoms with Crippen LogP contribution in [0.15, 0.2) is 6.20 Å². The molecule has 0 unspecified atom stereocenters. The third kappa shape index (κ3) is 2.53. The summed E-state index contributed by atoms with van der Waals surface area (Å²) in [6, 6.07) is 0. The Balaban J connectivity index is 3.27. The molecule has 5 nitrogen and oxygen atoms in total. The fraction of sp³-hybridized carbons (Fsp3) is 0.250. The number of carboxylic acids is 1. The Morgan fingerprint density at radius 1 is 1.50 bits per heavy atom. The number of rotatable bonds is 2. The largest absolute Gasteiger partial charge is 0.573 e. The fourth-order valence-electron chi connectivity index (χ4n) is 0.977. The highest BCUT2D eigenvalue weighted by Gasteiger charge is 2.34. The number of aromatic nitrogens is 1. The molecule has 0 spiro atoms. The van der Waals surface area contributed by atoms with Gasteiger partial charge >= 0.3 is 12.3 Å². The third-order valence-electron chi connectivity index (χ3n) is 1.61. The molecule has 1 aromatic rings. The van der Waals surface area contributed by atoms with Gasteiger partial charge in [-0.2, -0.15) is 0 Å². The molecule has 0 aliphatic rings. The first-order valence-corrected chi connectivity index (χ1v) is 3.90. The molecule has 8 heteroatoms. The number of alkyl halides is 3. The number of hydrogen-bond acceptors (Lipinski definition) is 4. The van der Waals surface area contributed by atoms with Gasteiger partial charge in [-0.1, -0.05) is 0 Å². The Morgan fingerprint density at radius 2 is 2.06 bits per heavy atom. The van der Waals surface area contributed by atoms with Gasteiger partial charge in [-0.3, -0.25) is 0 Å². The van der Waals surface area contributed by atoms with Gasteiger partial charge in [-0.15, -0.1) is 13.2 Å². The average Bonchev–Trinajstić information content (AvgIpc) is 2.10. The number of carboxylic acid groups (broad SMARTS) is 1. The lowest BCUT2D eigenvalue weighted by Gasteiger charge is -2.13. The van der Waals surface area contributed by atoms with Gasteiger partial charge in [0.05, 0.1) is 0 Å². The number of hydrogen-bond donors (Lipinski definition) is 2. The van der Waals surface area contributed by atoms with Gasteiger partial charge < -0.3 is 14.9 Å². The van der Waals surface area contributed by atoms with Gasteiger partial charge in [0.2, 0.25) is 0 Å². The first-order valence-electron chi connectivity index (χ1n) is 3.90. The van der Waals surface area contributed by atoms with Crippen LogP contribution in [0.4, 0.5) is 13.2 Å². The number of carbonyl (C=O) groups is 1. The molecule has 16 heavy (non-hydrogen) atoms. The number of aromatic hydroxyl groups is 1. The number of aromatic carboxylic acids is 1. The van der Waals surface area contributed by atoms with E-state index in [0.29, 0.717) is 0 Å². The molecule has 0 fully saturated rings. The predicted molar refractivity (Wildman–Crippen MR) is 44.3 cm³/mol. The SMILES string of the molecule is Cc1cnc(C(=O)O)c(O)c1OC(F)(F)F. The minimum absolute atomic E-state index is 0.125. The number of aryl methyl sites for hydroxylation is 1. The molecule has 1 heterocycles. The van der Waals surface area contributed by atoms with E-state index in [4.69, 9.17) is 5.11 Å². The van der Waals surface area contributed by atoms with Crippen molar-refractivity contribution in [2.45, 2.75) is 13.3 Å².